The first-order chi connectivity index (χ1) is 16.9. The van der Waals surface area contributed by atoms with Crippen molar-refractivity contribution < 1.29 is 14.0 Å². The number of halogens is 1. The van der Waals surface area contributed by atoms with Gasteiger partial charge in [-0.05, 0) is 50.3 Å². The maximum Gasteiger partial charge on any atom is 0.257 e. The second-order valence-electron chi connectivity index (χ2n) is 7.93. The number of benzene rings is 1. The van der Waals surface area contributed by atoms with Crippen LogP contribution in [0.25, 0.3) is 0 Å². The molecule has 2 heterocycles. The molecule has 0 spiro atoms. The summed E-state index contributed by atoms with van der Waals surface area (Å²) >= 11 is 1.44. The largest absolute Gasteiger partial charge is 0.328 e. The van der Waals surface area contributed by atoms with Crippen molar-refractivity contribution in [2.24, 2.45) is 5.10 Å². The van der Waals surface area contributed by atoms with Crippen LogP contribution >= 0.6 is 11.8 Å². The first kappa shape index (κ1) is 26.3. The summed E-state index contributed by atoms with van der Waals surface area (Å²) in [7, 11) is 1.48. The van der Waals surface area contributed by atoms with Crippen LogP contribution in [-0.2, 0) is 24.3 Å². The third-order valence-electron chi connectivity index (χ3n) is 5.49. The lowest BCUT2D eigenvalue weighted by Gasteiger charge is -2.17. The minimum atomic E-state index is -0.562. The molecular formula is C26H30FN5O2S. The third kappa shape index (κ3) is 6.43. The molecule has 0 radical (unpaired) electrons. The van der Waals surface area contributed by atoms with Crippen LogP contribution in [0.15, 0.2) is 70.1 Å². The molecule has 0 saturated carbocycles. The van der Waals surface area contributed by atoms with Crippen LogP contribution in [0, 0.1) is 5.82 Å². The molecule has 0 fully saturated rings. The van der Waals surface area contributed by atoms with Gasteiger partial charge in [0.25, 0.3) is 5.91 Å². The molecule has 0 bridgehead atoms. The average molecular weight is 496 g/mol. The number of hydrogen-bond donors (Lipinski definition) is 1. The summed E-state index contributed by atoms with van der Waals surface area (Å²) in [5, 5.41) is 5.03. The zero-order chi connectivity index (χ0) is 25.4. The van der Waals surface area contributed by atoms with E-state index >= 15 is 0 Å². The summed E-state index contributed by atoms with van der Waals surface area (Å²) in [6.07, 6.45) is 11.9. The number of carbonyl (C=O) groups excluding carboxylic acids is 1. The highest BCUT2D eigenvalue weighted by atomic mass is 32.2. The predicted molar refractivity (Wildman–Crippen MR) is 137 cm³/mol. The van der Waals surface area contributed by atoms with Crippen molar-refractivity contribution in [1.29, 1.82) is 0 Å². The minimum absolute atomic E-state index is 0.0224. The number of rotatable bonds is 9. The van der Waals surface area contributed by atoms with Crippen molar-refractivity contribution in [3.63, 3.8) is 0 Å². The molecule has 0 unspecified atom stereocenters. The average Bonchev–Trinajstić information content (AvgIpc) is 3.29. The number of fused-ring (bicyclic) bond motifs is 1. The summed E-state index contributed by atoms with van der Waals surface area (Å²) < 4.78 is 14.8. The fourth-order valence-electron chi connectivity index (χ4n) is 3.84. The Kier molecular flexibility index (Phi) is 9.33. The number of amides is 1. The number of hydrogen-bond acceptors (Lipinski definition) is 7. The maximum absolute atomic E-state index is 14.8. The Labute approximate surface area is 209 Å². The molecule has 1 amide bonds. The number of allylic oxidation sites excluding steroid dienone is 6. The van der Waals surface area contributed by atoms with Gasteiger partial charge < -0.3 is 4.90 Å². The quantitative estimate of drug-likeness (QED) is 0.173. The van der Waals surface area contributed by atoms with Gasteiger partial charge in [0.2, 0.25) is 0 Å². The first-order valence-electron chi connectivity index (χ1n) is 11.2. The van der Waals surface area contributed by atoms with Crippen molar-refractivity contribution in [3.8, 4) is 0 Å². The van der Waals surface area contributed by atoms with Crippen LogP contribution in [0.4, 0.5) is 4.39 Å². The van der Waals surface area contributed by atoms with E-state index in [1.54, 1.807) is 23.2 Å². The summed E-state index contributed by atoms with van der Waals surface area (Å²) in [6.45, 7) is 6.55. The molecule has 0 atom stereocenters. The minimum Gasteiger partial charge on any atom is -0.328 e. The van der Waals surface area contributed by atoms with Gasteiger partial charge in [0, 0.05) is 30.3 Å². The van der Waals surface area contributed by atoms with Crippen LogP contribution in [0.3, 0.4) is 0 Å². The van der Waals surface area contributed by atoms with Gasteiger partial charge in [-0.1, -0.05) is 42.1 Å². The van der Waals surface area contributed by atoms with Crippen molar-refractivity contribution in [2.75, 3.05) is 13.4 Å². The third-order valence-corrected chi connectivity index (χ3v) is 6.06. The van der Waals surface area contributed by atoms with Crippen molar-refractivity contribution in [2.45, 2.75) is 45.4 Å². The SMILES string of the molecule is C\C=C/C(C)=C(\C=C/C)C(/Cc1ccc(F)c(C(=O)N2Cc3cnc(SC)nc3C2)c1)=N\NOC. The molecule has 1 N–H and O–H groups in total. The molecule has 9 heteroatoms. The van der Waals surface area contributed by atoms with E-state index < -0.39 is 5.82 Å². The molecule has 7 nitrogen and oxygen atoms in total. The van der Waals surface area contributed by atoms with Crippen molar-refractivity contribution in [3.05, 3.63) is 88.0 Å². The smallest absolute Gasteiger partial charge is 0.257 e. The Bertz CT molecular complexity index is 1210. The lowest BCUT2D eigenvalue weighted by atomic mass is 9.96. The number of nitrogens with one attached hydrogen (secondary N) is 1. The summed E-state index contributed by atoms with van der Waals surface area (Å²) in [6, 6.07) is 4.60. The molecule has 1 aliphatic heterocycles. The van der Waals surface area contributed by atoms with Gasteiger partial charge in [0.05, 0.1) is 30.6 Å². The molecule has 1 aliphatic rings. The normalized spacial score (nSPS) is 14.6. The highest BCUT2D eigenvalue weighted by Gasteiger charge is 2.28. The highest BCUT2D eigenvalue weighted by Crippen LogP contribution is 2.25. The van der Waals surface area contributed by atoms with E-state index in [4.69, 9.17) is 4.84 Å². The molecule has 1 aromatic carbocycles. The Hall–Kier alpha value is -3.30. The molecule has 35 heavy (non-hydrogen) atoms. The topological polar surface area (TPSA) is 79.7 Å². The zero-order valence-corrected chi connectivity index (χ0v) is 21.4. The first-order valence-corrected chi connectivity index (χ1v) is 12.4. The van der Waals surface area contributed by atoms with E-state index in [1.807, 2.05) is 51.3 Å². The van der Waals surface area contributed by atoms with E-state index in [1.165, 1.54) is 24.9 Å². The van der Waals surface area contributed by atoms with Crippen molar-refractivity contribution >= 4 is 23.4 Å². The van der Waals surface area contributed by atoms with Gasteiger partial charge in [-0.3, -0.25) is 9.63 Å². The van der Waals surface area contributed by atoms with E-state index in [9.17, 15) is 9.18 Å². The second-order valence-corrected chi connectivity index (χ2v) is 8.70. The number of thioether (sulfide) groups is 1. The molecule has 0 aliphatic carbocycles. The molecule has 184 valence electrons. The van der Waals surface area contributed by atoms with Gasteiger partial charge in [-0.25, -0.2) is 14.4 Å². The number of nitrogens with zero attached hydrogens (tertiary/aromatic N) is 4. The van der Waals surface area contributed by atoms with Gasteiger partial charge in [-0.15, -0.1) is 0 Å². The highest BCUT2D eigenvalue weighted by molar-refractivity contribution is 7.98. The number of carbonyl (C=O) groups is 1. The predicted octanol–water partition coefficient (Wildman–Crippen LogP) is 5.01. The van der Waals surface area contributed by atoms with Gasteiger partial charge in [0.1, 0.15) is 5.82 Å². The van der Waals surface area contributed by atoms with Crippen LogP contribution in [-0.4, -0.2) is 39.9 Å². The Balaban J connectivity index is 1.90. The summed E-state index contributed by atoms with van der Waals surface area (Å²) in [5.74, 6) is -0.940. The standard InChI is InChI=1S/C26H30FN5O2S/c1-6-8-17(3)20(9-7-2)23(30-31-34-4)13-18-10-11-22(27)21(12-18)25(33)32-15-19-14-28-26(35-5)29-24(19)16-32/h6-12,14,31H,13,15-16H2,1-5H3/b8-6-,9-7-,20-17+,30-23-. The van der Waals surface area contributed by atoms with Crippen LogP contribution in [0.5, 0.6) is 0 Å². The van der Waals surface area contributed by atoms with Crippen molar-refractivity contribution in [1.82, 2.24) is 20.5 Å². The second kappa shape index (κ2) is 12.4. The van der Waals surface area contributed by atoms with E-state index in [0.29, 0.717) is 30.4 Å². The van der Waals surface area contributed by atoms with Crippen LogP contribution < -0.4 is 5.59 Å². The van der Waals surface area contributed by atoms with Gasteiger partial charge >= 0.3 is 0 Å². The Morgan fingerprint density at radius 1 is 1.29 bits per heavy atom. The van der Waals surface area contributed by atoms with Crippen LogP contribution in [0.2, 0.25) is 0 Å². The lowest BCUT2D eigenvalue weighted by molar-refractivity contribution is 0.0745. The van der Waals surface area contributed by atoms with Gasteiger partial charge in [-0.2, -0.15) is 10.7 Å². The van der Waals surface area contributed by atoms with E-state index in [2.05, 4.69) is 20.7 Å². The Morgan fingerprint density at radius 3 is 2.74 bits per heavy atom. The molecule has 1 aromatic heterocycles. The number of aromatic nitrogens is 2. The van der Waals surface area contributed by atoms with E-state index in [-0.39, 0.29) is 11.5 Å². The fraction of sp³-hybridized carbons (Fsp3) is 0.308. The molecule has 2 aromatic rings. The van der Waals surface area contributed by atoms with Gasteiger partial charge in [0.15, 0.2) is 5.16 Å². The molecular weight excluding hydrogens is 465 g/mol. The Morgan fingerprint density at radius 2 is 2.06 bits per heavy atom. The number of hydrazone groups is 1. The molecule has 3 rings (SSSR count). The monoisotopic (exact) mass is 495 g/mol. The summed E-state index contributed by atoms with van der Waals surface area (Å²) in [5.41, 5.74) is 7.62. The lowest BCUT2D eigenvalue weighted by Crippen LogP contribution is -2.26. The zero-order valence-electron chi connectivity index (χ0n) is 20.6. The van der Waals surface area contributed by atoms with E-state index in [0.717, 1.165) is 28.0 Å². The summed E-state index contributed by atoms with van der Waals surface area (Å²) in [4.78, 5) is 28.6. The molecule has 0 saturated heterocycles. The maximum atomic E-state index is 14.8. The van der Waals surface area contributed by atoms with Crippen LogP contribution in [0.1, 0.15) is 48.0 Å². The fourth-order valence-corrected chi connectivity index (χ4v) is 4.20.